The number of carbonyl (C=O) groups excluding carboxylic acids is 1. The van der Waals surface area contributed by atoms with Crippen molar-refractivity contribution < 1.29 is 4.79 Å². The second-order valence-electron chi connectivity index (χ2n) is 7.90. The van der Waals surface area contributed by atoms with Gasteiger partial charge in [0.25, 0.3) is 5.91 Å². The Labute approximate surface area is 175 Å². The van der Waals surface area contributed by atoms with E-state index in [0.717, 1.165) is 33.5 Å². The van der Waals surface area contributed by atoms with Crippen LogP contribution in [0.5, 0.6) is 0 Å². The molecule has 30 heavy (non-hydrogen) atoms. The van der Waals surface area contributed by atoms with Crippen LogP contribution in [0.15, 0.2) is 43.0 Å². The summed E-state index contributed by atoms with van der Waals surface area (Å²) >= 11 is 0. The van der Waals surface area contributed by atoms with Gasteiger partial charge >= 0.3 is 0 Å². The number of amides is 1. The zero-order valence-electron chi connectivity index (χ0n) is 17.9. The van der Waals surface area contributed by atoms with Crippen LogP contribution in [0.1, 0.15) is 41.6 Å². The number of hydrogen-bond donors (Lipinski definition) is 0. The van der Waals surface area contributed by atoms with Crippen LogP contribution in [0.2, 0.25) is 0 Å². The highest BCUT2D eigenvalue weighted by Gasteiger charge is 2.20. The molecule has 1 aromatic carbocycles. The Morgan fingerprint density at radius 2 is 2.03 bits per heavy atom. The molecule has 0 atom stereocenters. The number of carbonyl (C=O) groups is 1. The minimum atomic E-state index is -0.0910. The summed E-state index contributed by atoms with van der Waals surface area (Å²) in [6.45, 7) is 6.53. The van der Waals surface area contributed by atoms with Gasteiger partial charge in [-0.25, -0.2) is 4.98 Å². The van der Waals surface area contributed by atoms with Gasteiger partial charge in [-0.05, 0) is 38.5 Å². The predicted molar refractivity (Wildman–Crippen MR) is 115 cm³/mol. The first-order valence-corrected chi connectivity index (χ1v) is 9.87. The highest BCUT2D eigenvalue weighted by molar-refractivity contribution is 6.07. The van der Waals surface area contributed by atoms with Crippen molar-refractivity contribution in [2.24, 2.45) is 7.05 Å². The lowest BCUT2D eigenvalue weighted by molar-refractivity contribution is 0.0782. The third-order valence-electron chi connectivity index (χ3n) is 5.15. The van der Waals surface area contributed by atoms with Crippen molar-refractivity contribution in [2.75, 3.05) is 7.05 Å². The van der Waals surface area contributed by atoms with Gasteiger partial charge in [-0.2, -0.15) is 5.10 Å². The number of rotatable bonds is 5. The van der Waals surface area contributed by atoms with Gasteiger partial charge in [0.15, 0.2) is 5.82 Å². The van der Waals surface area contributed by atoms with Gasteiger partial charge in [0.1, 0.15) is 6.33 Å². The van der Waals surface area contributed by atoms with Crippen LogP contribution in [-0.4, -0.2) is 47.4 Å². The zero-order valence-corrected chi connectivity index (χ0v) is 17.9. The van der Waals surface area contributed by atoms with E-state index in [-0.39, 0.29) is 11.9 Å². The Hall–Kier alpha value is -3.55. The van der Waals surface area contributed by atoms with Crippen molar-refractivity contribution in [3.8, 4) is 11.3 Å². The molecule has 0 fully saturated rings. The first-order chi connectivity index (χ1) is 14.3. The lowest BCUT2D eigenvalue weighted by atomic mass is 10.0. The average molecular weight is 403 g/mol. The first-order valence-electron chi connectivity index (χ1n) is 9.87. The highest BCUT2D eigenvalue weighted by atomic mass is 16.2. The molecule has 4 rings (SSSR count). The summed E-state index contributed by atoms with van der Waals surface area (Å²) in [5.41, 5.74) is 4.11. The Kier molecular flexibility index (Phi) is 5.07. The molecule has 0 aliphatic rings. The molecule has 0 saturated carbocycles. The van der Waals surface area contributed by atoms with Crippen molar-refractivity contribution in [1.29, 1.82) is 0 Å². The number of hydrogen-bond acceptors (Lipinski definition) is 5. The molecule has 0 saturated heterocycles. The molecule has 0 spiro atoms. The molecule has 0 aliphatic carbocycles. The molecule has 3 aromatic heterocycles. The SMILES string of the molecule is Cc1ccc2c(C(=O)N(C)Cc3nncn3C)cc(-c3cnn(C(C)C)c3)nc2c1. The van der Waals surface area contributed by atoms with E-state index in [1.54, 1.807) is 24.5 Å². The van der Waals surface area contributed by atoms with E-state index in [2.05, 4.69) is 29.1 Å². The van der Waals surface area contributed by atoms with Gasteiger partial charge < -0.3 is 9.47 Å². The fourth-order valence-corrected chi connectivity index (χ4v) is 3.36. The lowest BCUT2D eigenvalue weighted by Gasteiger charge is -2.18. The third-order valence-corrected chi connectivity index (χ3v) is 5.15. The molecule has 0 unspecified atom stereocenters. The van der Waals surface area contributed by atoms with Crippen LogP contribution in [0.25, 0.3) is 22.2 Å². The number of pyridine rings is 1. The van der Waals surface area contributed by atoms with Gasteiger partial charge in [0.05, 0.1) is 29.5 Å². The quantitative estimate of drug-likeness (QED) is 0.510. The van der Waals surface area contributed by atoms with E-state index in [4.69, 9.17) is 4.98 Å². The second kappa shape index (κ2) is 7.70. The Bertz CT molecular complexity index is 1220. The standard InChI is InChI=1S/C22H25N7O/c1-14(2)29-11-16(10-24-29)19-9-18(17-7-6-15(3)8-20(17)25-19)22(30)27(4)12-21-26-23-13-28(21)5/h6-11,13-14H,12H2,1-5H3. The number of benzene rings is 1. The van der Waals surface area contributed by atoms with E-state index in [0.29, 0.717) is 12.1 Å². The van der Waals surface area contributed by atoms with Crippen LogP contribution in [-0.2, 0) is 13.6 Å². The molecule has 1 amide bonds. The fraction of sp³-hybridized carbons (Fsp3) is 0.318. The summed E-state index contributed by atoms with van der Waals surface area (Å²) in [7, 11) is 3.64. The van der Waals surface area contributed by atoms with Crippen LogP contribution >= 0.6 is 0 Å². The van der Waals surface area contributed by atoms with Crippen LogP contribution in [0.3, 0.4) is 0 Å². The molecule has 3 heterocycles. The monoisotopic (exact) mass is 403 g/mol. The Morgan fingerprint density at radius 1 is 1.23 bits per heavy atom. The summed E-state index contributed by atoms with van der Waals surface area (Å²) in [5.74, 6) is 0.630. The van der Waals surface area contributed by atoms with E-state index in [9.17, 15) is 4.79 Å². The number of fused-ring (bicyclic) bond motifs is 1. The third kappa shape index (κ3) is 3.68. The minimum absolute atomic E-state index is 0.0910. The van der Waals surface area contributed by atoms with Crippen molar-refractivity contribution in [1.82, 2.24) is 34.4 Å². The summed E-state index contributed by atoms with van der Waals surface area (Å²) in [4.78, 5) is 19.9. The highest BCUT2D eigenvalue weighted by Crippen LogP contribution is 2.27. The molecular formula is C22H25N7O. The minimum Gasteiger partial charge on any atom is -0.334 e. The summed E-state index contributed by atoms with van der Waals surface area (Å²) in [5, 5.41) is 13.2. The van der Waals surface area contributed by atoms with Gasteiger partial charge in [0.2, 0.25) is 0 Å². The fourth-order valence-electron chi connectivity index (χ4n) is 3.36. The molecule has 154 valence electrons. The second-order valence-corrected chi connectivity index (χ2v) is 7.90. The molecule has 0 N–H and O–H groups in total. The zero-order chi connectivity index (χ0) is 21.4. The molecule has 0 radical (unpaired) electrons. The number of aryl methyl sites for hydroxylation is 2. The summed E-state index contributed by atoms with van der Waals surface area (Å²) < 4.78 is 3.70. The van der Waals surface area contributed by atoms with Crippen molar-refractivity contribution >= 4 is 16.8 Å². The molecule has 0 aliphatic heterocycles. The first kappa shape index (κ1) is 19.8. The predicted octanol–water partition coefficient (Wildman–Crippen LogP) is 3.39. The molecule has 0 bridgehead atoms. The van der Waals surface area contributed by atoms with Crippen molar-refractivity contribution in [2.45, 2.75) is 33.4 Å². The average Bonchev–Trinajstić information content (AvgIpc) is 3.36. The summed E-state index contributed by atoms with van der Waals surface area (Å²) in [6.07, 6.45) is 5.39. The molecule has 4 aromatic rings. The van der Waals surface area contributed by atoms with Gasteiger partial charge in [-0.15, -0.1) is 10.2 Å². The van der Waals surface area contributed by atoms with Crippen molar-refractivity contribution in [3.05, 3.63) is 59.9 Å². The maximum atomic E-state index is 13.4. The van der Waals surface area contributed by atoms with E-state index in [1.165, 1.54) is 0 Å². The normalized spacial score (nSPS) is 11.4. The maximum Gasteiger partial charge on any atom is 0.254 e. The lowest BCUT2D eigenvalue weighted by Crippen LogP contribution is -2.27. The number of aromatic nitrogens is 6. The van der Waals surface area contributed by atoms with Crippen LogP contribution in [0.4, 0.5) is 0 Å². The summed E-state index contributed by atoms with van der Waals surface area (Å²) in [6, 6.07) is 8.07. The van der Waals surface area contributed by atoms with Gasteiger partial charge in [0, 0.05) is 37.3 Å². The van der Waals surface area contributed by atoms with E-state index < -0.39 is 0 Å². The van der Waals surface area contributed by atoms with E-state index in [1.807, 2.05) is 53.7 Å². The number of nitrogens with zero attached hydrogens (tertiary/aromatic N) is 7. The van der Waals surface area contributed by atoms with Crippen LogP contribution < -0.4 is 0 Å². The van der Waals surface area contributed by atoms with Gasteiger partial charge in [-0.1, -0.05) is 12.1 Å². The van der Waals surface area contributed by atoms with Gasteiger partial charge in [-0.3, -0.25) is 9.48 Å². The van der Waals surface area contributed by atoms with Crippen molar-refractivity contribution in [3.63, 3.8) is 0 Å². The van der Waals surface area contributed by atoms with E-state index >= 15 is 0 Å². The molecular weight excluding hydrogens is 378 g/mol. The smallest absolute Gasteiger partial charge is 0.254 e. The Balaban J connectivity index is 1.78. The maximum absolute atomic E-state index is 13.4. The van der Waals surface area contributed by atoms with Crippen LogP contribution in [0, 0.1) is 6.92 Å². The largest absolute Gasteiger partial charge is 0.334 e. The molecule has 8 nitrogen and oxygen atoms in total. The molecule has 8 heteroatoms. The Morgan fingerprint density at radius 3 is 2.70 bits per heavy atom. The topological polar surface area (TPSA) is 81.7 Å².